The van der Waals surface area contributed by atoms with Crippen LogP contribution in [0.25, 0.3) is 0 Å². The molecule has 0 saturated carbocycles. The zero-order chi connectivity index (χ0) is 21.6. The van der Waals surface area contributed by atoms with Crippen LogP contribution in [0, 0.1) is 6.92 Å². The molecule has 0 bridgehead atoms. The Kier molecular flexibility index (Phi) is 5.23. The number of hydrogen-bond donors (Lipinski definition) is 0. The number of hydrogen-bond acceptors (Lipinski definition) is 7. The third-order valence-electron chi connectivity index (χ3n) is 5.52. The van der Waals surface area contributed by atoms with Crippen molar-refractivity contribution >= 4 is 39.0 Å². The van der Waals surface area contributed by atoms with E-state index in [1.54, 1.807) is 17.0 Å². The van der Waals surface area contributed by atoms with Crippen LogP contribution in [0.5, 0.6) is 0 Å². The molecule has 2 amide bonds. The smallest absolute Gasteiger partial charge is 0.269 e. The normalized spacial score (nSPS) is 18.5. The fourth-order valence-electron chi connectivity index (χ4n) is 3.90. The monoisotopic (exact) mass is 447 g/mol. The van der Waals surface area contributed by atoms with E-state index in [0.29, 0.717) is 35.1 Å². The number of carbonyl (C=O) groups excluding carboxylic acids is 3. The summed E-state index contributed by atoms with van der Waals surface area (Å²) in [6.07, 6.45) is 1.36. The second-order valence-electron chi connectivity index (χ2n) is 7.49. The molecule has 3 heterocycles. The van der Waals surface area contributed by atoms with Crippen molar-refractivity contribution in [3.63, 3.8) is 0 Å². The molecule has 2 aromatic rings. The number of benzene rings is 1. The molecule has 158 valence electrons. The number of likely N-dealkylation sites (tertiary alicyclic amines) is 1. The van der Waals surface area contributed by atoms with Gasteiger partial charge in [-0.2, -0.15) is 0 Å². The molecule has 30 heavy (non-hydrogen) atoms. The predicted molar refractivity (Wildman–Crippen MR) is 110 cm³/mol. The predicted octanol–water partition coefficient (Wildman–Crippen LogP) is 2.20. The highest BCUT2D eigenvalue weighted by Crippen LogP contribution is 2.33. The number of Topliss-reactive ketones (excluding diaryl/α,β-unsaturated/α-hetero) is 1. The summed E-state index contributed by atoms with van der Waals surface area (Å²) < 4.78 is 25.9. The fourth-order valence-corrected chi connectivity index (χ4v) is 6.55. The summed E-state index contributed by atoms with van der Waals surface area (Å²) in [5.41, 5.74) is 0.836. The van der Waals surface area contributed by atoms with E-state index < -0.39 is 28.4 Å². The molecule has 0 atom stereocenters. The van der Waals surface area contributed by atoms with Gasteiger partial charge in [0, 0.05) is 25.9 Å². The lowest BCUT2D eigenvalue weighted by Crippen LogP contribution is -2.45. The van der Waals surface area contributed by atoms with Crippen LogP contribution in [0.4, 0.5) is 0 Å². The summed E-state index contributed by atoms with van der Waals surface area (Å²) in [7, 11) is -4.00. The average Bonchev–Trinajstić information content (AvgIpc) is 3.20. The van der Waals surface area contributed by atoms with Gasteiger partial charge in [0.25, 0.3) is 15.9 Å². The summed E-state index contributed by atoms with van der Waals surface area (Å²) in [5, 5.41) is 0.901. The van der Waals surface area contributed by atoms with Gasteiger partial charge < -0.3 is 4.90 Å². The molecule has 4 rings (SSSR count). The molecule has 0 aliphatic carbocycles. The summed E-state index contributed by atoms with van der Waals surface area (Å²) in [6, 6.07) is 5.98. The Labute approximate surface area is 178 Å². The third-order valence-corrected chi connectivity index (χ3v) is 8.73. The topological polar surface area (TPSA) is 105 Å². The molecule has 2 aliphatic rings. The van der Waals surface area contributed by atoms with Gasteiger partial charge in [-0.1, -0.05) is 12.1 Å². The number of ketones is 1. The number of carbonyl (C=O) groups is 3. The lowest BCUT2D eigenvalue weighted by atomic mass is 9.97. The van der Waals surface area contributed by atoms with Crippen molar-refractivity contribution in [2.75, 3.05) is 19.6 Å². The van der Waals surface area contributed by atoms with E-state index in [-0.39, 0.29) is 22.2 Å². The average molecular weight is 448 g/mol. The molecule has 2 aliphatic heterocycles. The molecule has 0 radical (unpaired) electrons. The molecular formula is C20H21N3O5S2. The van der Waals surface area contributed by atoms with Crippen molar-refractivity contribution in [2.24, 2.45) is 0 Å². The second-order valence-corrected chi connectivity index (χ2v) is 10.4. The minimum atomic E-state index is -4.00. The van der Waals surface area contributed by atoms with Crippen LogP contribution < -0.4 is 0 Å². The standard InChI is InChI=1S/C20H21N3O5S2/c1-12-18(13(2)24)29-19(21-12)14-7-9-22(10-8-14)17(25)11-23-20(26)15-5-3-4-6-16(15)30(23,27)28/h3-6,14H,7-11H2,1-2H3. The number of aryl methyl sites for hydroxylation is 1. The lowest BCUT2D eigenvalue weighted by Gasteiger charge is -2.32. The van der Waals surface area contributed by atoms with Gasteiger partial charge in [0.05, 0.1) is 21.1 Å². The van der Waals surface area contributed by atoms with Crippen LogP contribution in [0.3, 0.4) is 0 Å². The Morgan fingerprint density at radius 2 is 1.87 bits per heavy atom. The largest absolute Gasteiger partial charge is 0.341 e. The first-order valence-corrected chi connectivity index (χ1v) is 11.9. The SMILES string of the molecule is CC(=O)c1sc(C2CCN(C(=O)CN3C(=O)c4ccccc4S3(=O)=O)CC2)nc1C. The quantitative estimate of drug-likeness (QED) is 0.666. The van der Waals surface area contributed by atoms with E-state index in [2.05, 4.69) is 4.98 Å². The zero-order valence-electron chi connectivity index (χ0n) is 16.6. The molecular weight excluding hydrogens is 426 g/mol. The third kappa shape index (κ3) is 3.43. The highest BCUT2D eigenvalue weighted by molar-refractivity contribution is 7.90. The van der Waals surface area contributed by atoms with E-state index >= 15 is 0 Å². The Hall–Kier alpha value is -2.59. The van der Waals surface area contributed by atoms with Crippen molar-refractivity contribution < 1.29 is 22.8 Å². The molecule has 1 saturated heterocycles. The van der Waals surface area contributed by atoms with E-state index in [4.69, 9.17) is 0 Å². The molecule has 1 fully saturated rings. The number of amides is 2. The molecule has 1 aromatic heterocycles. The first-order chi connectivity index (χ1) is 14.2. The second kappa shape index (κ2) is 7.59. The van der Waals surface area contributed by atoms with Gasteiger partial charge in [0.15, 0.2) is 5.78 Å². The lowest BCUT2D eigenvalue weighted by molar-refractivity contribution is -0.132. The molecule has 10 heteroatoms. The van der Waals surface area contributed by atoms with Gasteiger partial charge in [0.1, 0.15) is 11.4 Å². The van der Waals surface area contributed by atoms with E-state index in [1.807, 2.05) is 6.92 Å². The van der Waals surface area contributed by atoms with Crippen LogP contribution in [-0.4, -0.2) is 59.8 Å². The van der Waals surface area contributed by atoms with Crippen LogP contribution in [0.1, 0.15) is 56.4 Å². The van der Waals surface area contributed by atoms with Gasteiger partial charge in [-0.15, -0.1) is 11.3 Å². The van der Waals surface area contributed by atoms with E-state index in [9.17, 15) is 22.8 Å². The van der Waals surface area contributed by atoms with Gasteiger partial charge in [-0.05, 0) is 31.9 Å². The molecule has 0 unspecified atom stereocenters. The van der Waals surface area contributed by atoms with Crippen LogP contribution in [0.15, 0.2) is 29.2 Å². The van der Waals surface area contributed by atoms with Gasteiger partial charge in [-0.25, -0.2) is 17.7 Å². The van der Waals surface area contributed by atoms with Crippen molar-refractivity contribution in [3.8, 4) is 0 Å². The summed E-state index contributed by atoms with van der Waals surface area (Å²) in [6.45, 7) is 3.75. The molecule has 8 nitrogen and oxygen atoms in total. The van der Waals surface area contributed by atoms with Crippen LogP contribution in [0.2, 0.25) is 0 Å². The highest BCUT2D eigenvalue weighted by Gasteiger charge is 2.42. The number of sulfonamides is 1. The van der Waals surface area contributed by atoms with E-state index in [1.165, 1.54) is 30.4 Å². The van der Waals surface area contributed by atoms with E-state index in [0.717, 1.165) is 10.7 Å². The summed E-state index contributed by atoms with van der Waals surface area (Å²) >= 11 is 1.41. The molecule has 1 aromatic carbocycles. The Bertz CT molecular complexity index is 1150. The van der Waals surface area contributed by atoms with Gasteiger partial charge >= 0.3 is 0 Å². The van der Waals surface area contributed by atoms with Crippen LogP contribution >= 0.6 is 11.3 Å². The maximum absolute atomic E-state index is 12.7. The minimum Gasteiger partial charge on any atom is -0.341 e. The number of fused-ring (bicyclic) bond motifs is 1. The first kappa shape index (κ1) is 20.7. The number of nitrogens with zero attached hydrogens (tertiary/aromatic N) is 3. The van der Waals surface area contributed by atoms with Crippen molar-refractivity contribution in [3.05, 3.63) is 45.4 Å². The van der Waals surface area contributed by atoms with Crippen molar-refractivity contribution in [2.45, 2.75) is 37.5 Å². The Morgan fingerprint density at radius 1 is 1.20 bits per heavy atom. The number of piperidine rings is 1. The van der Waals surface area contributed by atoms with Crippen molar-refractivity contribution in [1.29, 1.82) is 0 Å². The summed E-state index contributed by atoms with van der Waals surface area (Å²) in [5.74, 6) is -0.893. The Balaban J connectivity index is 1.41. The maximum Gasteiger partial charge on any atom is 0.269 e. The number of rotatable bonds is 4. The fraction of sp³-hybridized carbons (Fsp3) is 0.400. The van der Waals surface area contributed by atoms with Crippen molar-refractivity contribution in [1.82, 2.24) is 14.2 Å². The zero-order valence-corrected chi connectivity index (χ0v) is 18.3. The number of aromatic nitrogens is 1. The molecule has 0 N–H and O–H groups in total. The number of thiazole rings is 1. The molecule has 0 spiro atoms. The Morgan fingerprint density at radius 3 is 2.47 bits per heavy atom. The van der Waals surface area contributed by atoms with Crippen LogP contribution in [-0.2, 0) is 14.8 Å². The summed E-state index contributed by atoms with van der Waals surface area (Å²) in [4.78, 5) is 43.6. The minimum absolute atomic E-state index is 0.00125. The highest BCUT2D eigenvalue weighted by atomic mass is 32.2. The first-order valence-electron chi connectivity index (χ1n) is 9.62. The maximum atomic E-state index is 12.7. The van der Waals surface area contributed by atoms with Gasteiger partial charge in [-0.3, -0.25) is 14.4 Å². The van der Waals surface area contributed by atoms with Gasteiger partial charge in [0.2, 0.25) is 5.91 Å².